The van der Waals surface area contributed by atoms with Gasteiger partial charge >= 0.3 is 5.97 Å². The van der Waals surface area contributed by atoms with Crippen molar-refractivity contribution in [2.24, 2.45) is 0 Å². The van der Waals surface area contributed by atoms with Crippen molar-refractivity contribution in [3.05, 3.63) is 90.0 Å². The van der Waals surface area contributed by atoms with Crippen molar-refractivity contribution in [2.45, 2.75) is 13.0 Å². The molecule has 0 saturated heterocycles. The van der Waals surface area contributed by atoms with Crippen LogP contribution in [0.25, 0.3) is 11.1 Å². The maximum atomic E-state index is 12.3. The number of nitriles is 1. The summed E-state index contributed by atoms with van der Waals surface area (Å²) in [6.07, 6.45) is -0.961. The average Bonchev–Trinajstić information content (AvgIpc) is 2.75. The zero-order valence-electron chi connectivity index (χ0n) is 15.3. The third kappa shape index (κ3) is 4.63. The van der Waals surface area contributed by atoms with Crippen LogP contribution in [0.5, 0.6) is 0 Å². The SMILES string of the molecule is CC(OC(=O)c1ccc(-c2ccccc2)cc1)C(=O)Nc1ccc(C#N)cc1. The number of benzene rings is 3. The molecule has 0 fully saturated rings. The van der Waals surface area contributed by atoms with Crippen LogP contribution >= 0.6 is 0 Å². The van der Waals surface area contributed by atoms with E-state index < -0.39 is 18.0 Å². The van der Waals surface area contributed by atoms with E-state index in [4.69, 9.17) is 10.00 Å². The Balaban J connectivity index is 1.60. The molecule has 28 heavy (non-hydrogen) atoms. The van der Waals surface area contributed by atoms with Gasteiger partial charge in [-0.1, -0.05) is 42.5 Å². The first-order valence-corrected chi connectivity index (χ1v) is 8.74. The number of anilines is 1. The highest BCUT2D eigenvalue weighted by atomic mass is 16.5. The summed E-state index contributed by atoms with van der Waals surface area (Å²) < 4.78 is 5.26. The number of nitrogens with one attached hydrogen (secondary N) is 1. The van der Waals surface area contributed by atoms with Gasteiger partial charge in [0.1, 0.15) is 0 Å². The fraction of sp³-hybridized carbons (Fsp3) is 0.0870. The second kappa shape index (κ2) is 8.65. The molecule has 3 aromatic carbocycles. The molecule has 0 bridgehead atoms. The number of amides is 1. The molecule has 0 aliphatic heterocycles. The van der Waals surface area contributed by atoms with Crippen molar-refractivity contribution in [2.75, 3.05) is 5.32 Å². The summed E-state index contributed by atoms with van der Waals surface area (Å²) in [4.78, 5) is 24.5. The summed E-state index contributed by atoms with van der Waals surface area (Å²) in [5, 5.41) is 11.4. The molecule has 0 aliphatic rings. The van der Waals surface area contributed by atoms with Crippen LogP contribution in [0.3, 0.4) is 0 Å². The van der Waals surface area contributed by atoms with E-state index in [0.717, 1.165) is 11.1 Å². The quantitative estimate of drug-likeness (QED) is 0.675. The number of carbonyl (C=O) groups is 2. The largest absolute Gasteiger partial charge is 0.449 e. The van der Waals surface area contributed by atoms with Crippen molar-refractivity contribution >= 4 is 17.6 Å². The zero-order chi connectivity index (χ0) is 19.9. The molecule has 0 spiro atoms. The van der Waals surface area contributed by atoms with E-state index in [0.29, 0.717) is 16.8 Å². The lowest BCUT2D eigenvalue weighted by Crippen LogP contribution is -2.30. The molecule has 0 aliphatic carbocycles. The van der Waals surface area contributed by atoms with Gasteiger partial charge < -0.3 is 10.1 Å². The highest BCUT2D eigenvalue weighted by Crippen LogP contribution is 2.20. The predicted molar refractivity (Wildman–Crippen MR) is 107 cm³/mol. The zero-order valence-corrected chi connectivity index (χ0v) is 15.3. The third-order valence-corrected chi connectivity index (χ3v) is 4.16. The van der Waals surface area contributed by atoms with Gasteiger partial charge in [0.25, 0.3) is 5.91 Å². The minimum Gasteiger partial charge on any atom is -0.449 e. The highest BCUT2D eigenvalue weighted by Gasteiger charge is 2.19. The Hall–Kier alpha value is -3.91. The van der Waals surface area contributed by atoms with Gasteiger partial charge in [0, 0.05) is 5.69 Å². The molecule has 1 unspecified atom stereocenters. The fourth-order valence-corrected chi connectivity index (χ4v) is 2.58. The van der Waals surface area contributed by atoms with Crippen LogP contribution in [0.4, 0.5) is 5.69 Å². The van der Waals surface area contributed by atoms with Gasteiger partial charge in [-0.05, 0) is 54.4 Å². The highest BCUT2D eigenvalue weighted by molar-refractivity contribution is 5.97. The standard InChI is InChI=1S/C23H18N2O3/c1-16(22(26)25-21-13-7-17(15-24)8-14-21)28-23(27)20-11-9-19(10-12-20)18-5-3-2-4-6-18/h2-14,16H,1H3,(H,25,26). The molecule has 138 valence electrons. The molecule has 0 aromatic heterocycles. The summed E-state index contributed by atoms with van der Waals surface area (Å²) in [6.45, 7) is 1.51. The predicted octanol–water partition coefficient (Wildman–Crippen LogP) is 4.41. The van der Waals surface area contributed by atoms with Crippen molar-refractivity contribution in [1.82, 2.24) is 0 Å². The van der Waals surface area contributed by atoms with Crippen molar-refractivity contribution in [1.29, 1.82) is 5.26 Å². The lowest BCUT2D eigenvalue weighted by atomic mass is 10.0. The topological polar surface area (TPSA) is 79.2 Å². The molecular weight excluding hydrogens is 352 g/mol. The number of hydrogen-bond donors (Lipinski definition) is 1. The van der Waals surface area contributed by atoms with Gasteiger partial charge in [0.05, 0.1) is 17.2 Å². The lowest BCUT2D eigenvalue weighted by molar-refractivity contribution is -0.123. The van der Waals surface area contributed by atoms with Crippen LogP contribution < -0.4 is 5.32 Å². The van der Waals surface area contributed by atoms with Crippen LogP contribution in [0, 0.1) is 11.3 Å². The number of nitrogens with zero attached hydrogens (tertiary/aromatic N) is 1. The summed E-state index contributed by atoms with van der Waals surface area (Å²) in [5.74, 6) is -1.01. The van der Waals surface area contributed by atoms with Gasteiger partial charge in [-0.25, -0.2) is 4.79 Å². The van der Waals surface area contributed by atoms with E-state index in [2.05, 4.69) is 5.32 Å². The Morgan fingerprint density at radius 3 is 2.11 bits per heavy atom. The number of rotatable bonds is 5. The van der Waals surface area contributed by atoms with Crippen LogP contribution in [-0.2, 0) is 9.53 Å². The second-order valence-corrected chi connectivity index (χ2v) is 6.17. The Morgan fingerprint density at radius 1 is 0.893 bits per heavy atom. The van der Waals surface area contributed by atoms with E-state index in [1.165, 1.54) is 6.92 Å². The van der Waals surface area contributed by atoms with E-state index in [1.54, 1.807) is 36.4 Å². The van der Waals surface area contributed by atoms with Gasteiger partial charge in [0.2, 0.25) is 0 Å². The van der Waals surface area contributed by atoms with Gasteiger partial charge in [-0.2, -0.15) is 5.26 Å². The van der Waals surface area contributed by atoms with Gasteiger partial charge in [0.15, 0.2) is 6.10 Å². The Bertz CT molecular complexity index is 1000. The number of carbonyl (C=O) groups excluding carboxylic acids is 2. The van der Waals surface area contributed by atoms with E-state index in [-0.39, 0.29) is 0 Å². The minimum atomic E-state index is -0.961. The summed E-state index contributed by atoms with van der Waals surface area (Å²) in [7, 11) is 0. The summed E-state index contributed by atoms with van der Waals surface area (Å²) >= 11 is 0. The molecule has 5 heteroatoms. The Kier molecular flexibility index (Phi) is 5.83. The molecule has 1 N–H and O–H groups in total. The fourth-order valence-electron chi connectivity index (χ4n) is 2.58. The molecule has 0 radical (unpaired) electrons. The number of ether oxygens (including phenoxy) is 1. The molecule has 3 rings (SSSR count). The summed E-state index contributed by atoms with van der Waals surface area (Å²) in [5.41, 5.74) is 3.44. The number of hydrogen-bond acceptors (Lipinski definition) is 4. The second-order valence-electron chi connectivity index (χ2n) is 6.17. The first-order valence-electron chi connectivity index (χ1n) is 8.74. The molecule has 0 saturated carbocycles. The van der Waals surface area contributed by atoms with Crippen LogP contribution in [0.15, 0.2) is 78.9 Å². The lowest BCUT2D eigenvalue weighted by Gasteiger charge is -2.14. The molecule has 1 amide bonds. The first kappa shape index (κ1) is 18.9. The third-order valence-electron chi connectivity index (χ3n) is 4.16. The van der Waals surface area contributed by atoms with Crippen molar-refractivity contribution in [3.63, 3.8) is 0 Å². The number of esters is 1. The van der Waals surface area contributed by atoms with Gasteiger partial charge in [-0.15, -0.1) is 0 Å². The monoisotopic (exact) mass is 370 g/mol. The molecule has 0 heterocycles. The van der Waals surface area contributed by atoms with Gasteiger partial charge in [-0.3, -0.25) is 4.79 Å². The molecule has 1 atom stereocenters. The summed E-state index contributed by atoms with van der Waals surface area (Å²) in [6, 6.07) is 25.3. The van der Waals surface area contributed by atoms with E-state index >= 15 is 0 Å². The van der Waals surface area contributed by atoms with Crippen LogP contribution in [0.2, 0.25) is 0 Å². The Morgan fingerprint density at radius 2 is 1.50 bits per heavy atom. The van der Waals surface area contributed by atoms with Crippen LogP contribution in [0.1, 0.15) is 22.8 Å². The van der Waals surface area contributed by atoms with Crippen LogP contribution in [-0.4, -0.2) is 18.0 Å². The maximum absolute atomic E-state index is 12.3. The minimum absolute atomic E-state index is 0.373. The van der Waals surface area contributed by atoms with E-state index in [1.807, 2.05) is 48.5 Å². The van der Waals surface area contributed by atoms with E-state index in [9.17, 15) is 9.59 Å². The molecule has 3 aromatic rings. The Labute approximate surface area is 163 Å². The molecular formula is C23H18N2O3. The smallest absolute Gasteiger partial charge is 0.338 e. The normalized spacial score (nSPS) is 11.1. The van der Waals surface area contributed by atoms with Crippen molar-refractivity contribution in [3.8, 4) is 17.2 Å². The average molecular weight is 370 g/mol. The first-order chi connectivity index (χ1) is 13.6. The molecule has 5 nitrogen and oxygen atoms in total. The van der Waals surface area contributed by atoms with Crippen molar-refractivity contribution < 1.29 is 14.3 Å². The maximum Gasteiger partial charge on any atom is 0.338 e.